The van der Waals surface area contributed by atoms with E-state index in [1.54, 1.807) is 6.07 Å². The topological polar surface area (TPSA) is 117 Å². The number of amides is 2. The molecular weight excluding hydrogens is 388 g/mol. The second-order valence-electron chi connectivity index (χ2n) is 7.24. The Morgan fingerprint density at radius 2 is 1.87 bits per heavy atom. The summed E-state index contributed by atoms with van der Waals surface area (Å²) in [5.74, 6) is -2.09. The molecule has 1 aliphatic rings. The molecule has 1 aliphatic heterocycles. The average molecular weight is 412 g/mol. The number of nitrogens with one attached hydrogen (secondary N) is 1. The van der Waals surface area contributed by atoms with E-state index in [4.69, 9.17) is 4.42 Å². The summed E-state index contributed by atoms with van der Waals surface area (Å²) in [7, 11) is 0. The van der Waals surface area contributed by atoms with Crippen LogP contribution in [-0.2, 0) is 20.8 Å². The summed E-state index contributed by atoms with van der Waals surface area (Å²) >= 11 is 0. The summed E-state index contributed by atoms with van der Waals surface area (Å²) < 4.78 is 5.09. The van der Waals surface area contributed by atoms with Crippen LogP contribution in [0.5, 0.6) is 0 Å². The van der Waals surface area contributed by atoms with Crippen molar-refractivity contribution in [1.29, 1.82) is 0 Å². The van der Waals surface area contributed by atoms with Crippen LogP contribution in [-0.4, -0.2) is 52.2 Å². The number of furan rings is 1. The fourth-order valence-electron chi connectivity index (χ4n) is 3.60. The summed E-state index contributed by atoms with van der Waals surface area (Å²) in [5, 5.41) is 11.9. The number of carbonyl (C=O) groups is 4. The third-order valence-electron chi connectivity index (χ3n) is 5.17. The SMILES string of the molecule is O=C(NC(Cc1ccccc1)C(=O)CCC(=O)N1CCC[C@H]1C(=O)O)c1ccco1. The molecule has 1 fully saturated rings. The van der Waals surface area contributed by atoms with Crippen LogP contribution in [0.25, 0.3) is 0 Å². The number of carboxylic acid groups (broad SMARTS) is 1. The Balaban J connectivity index is 1.64. The minimum atomic E-state index is -1.03. The van der Waals surface area contributed by atoms with Crippen LogP contribution in [0.3, 0.4) is 0 Å². The van der Waals surface area contributed by atoms with E-state index in [9.17, 15) is 24.3 Å². The highest BCUT2D eigenvalue weighted by Gasteiger charge is 2.34. The molecule has 8 heteroatoms. The molecule has 2 aromatic rings. The third kappa shape index (κ3) is 5.34. The lowest BCUT2D eigenvalue weighted by Gasteiger charge is -2.22. The smallest absolute Gasteiger partial charge is 0.326 e. The molecule has 8 nitrogen and oxygen atoms in total. The van der Waals surface area contributed by atoms with Gasteiger partial charge in [-0.2, -0.15) is 0 Å². The number of ketones is 1. The number of carbonyl (C=O) groups excluding carboxylic acids is 3. The normalized spacial score (nSPS) is 16.8. The van der Waals surface area contributed by atoms with Gasteiger partial charge in [0.15, 0.2) is 11.5 Å². The van der Waals surface area contributed by atoms with E-state index in [2.05, 4.69) is 5.32 Å². The molecule has 0 aliphatic carbocycles. The minimum absolute atomic E-state index is 0.0857. The van der Waals surface area contributed by atoms with Gasteiger partial charge in [0, 0.05) is 19.4 Å². The van der Waals surface area contributed by atoms with Crippen molar-refractivity contribution in [2.24, 2.45) is 0 Å². The van der Waals surface area contributed by atoms with Gasteiger partial charge in [0.1, 0.15) is 6.04 Å². The highest BCUT2D eigenvalue weighted by molar-refractivity contribution is 5.97. The number of nitrogens with zero attached hydrogens (tertiary/aromatic N) is 1. The lowest BCUT2D eigenvalue weighted by Crippen LogP contribution is -2.43. The molecule has 3 rings (SSSR count). The molecule has 158 valence electrons. The van der Waals surface area contributed by atoms with E-state index >= 15 is 0 Å². The number of rotatable bonds is 9. The predicted molar refractivity (Wildman–Crippen MR) is 107 cm³/mol. The van der Waals surface area contributed by atoms with E-state index < -0.39 is 24.0 Å². The van der Waals surface area contributed by atoms with Gasteiger partial charge in [0.2, 0.25) is 5.91 Å². The maximum Gasteiger partial charge on any atom is 0.326 e. The first-order valence-corrected chi connectivity index (χ1v) is 9.89. The molecule has 2 heterocycles. The van der Waals surface area contributed by atoms with E-state index in [0.29, 0.717) is 19.4 Å². The van der Waals surface area contributed by atoms with Gasteiger partial charge in [0.05, 0.1) is 12.3 Å². The first kappa shape index (κ1) is 21.3. The third-order valence-corrected chi connectivity index (χ3v) is 5.17. The lowest BCUT2D eigenvalue weighted by molar-refractivity contribution is -0.148. The van der Waals surface area contributed by atoms with Gasteiger partial charge in [-0.3, -0.25) is 14.4 Å². The maximum absolute atomic E-state index is 12.9. The van der Waals surface area contributed by atoms with Crippen LogP contribution in [0, 0.1) is 0 Å². The molecule has 1 unspecified atom stereocenters. The number of hydrogen-bond acceptors (Lipinski definition) is 5. The first-order chi connectivity index (χ1) is 14.5. The van der Waals surface area contributed by atoms with Crippen molar-refractivity contribution in [1.82, 2.24) is 10.2 Å². The molecule has 0 spiro atoms. The molecular formula is C22H24N2O6. The quantitative estimate of drug-likeness (QED) is 0.651. The van der Waals surface area contributed by atoms with Crippen molar-refractivity contribution in [2.45, 2.75) is 44.2 Å². The molecule has 1 aromatic heterocycles. The highest BCUT2D eigenvalue weighted by atomic mass is 16.4. The molecule has 2 atom stereocenters. The summed E-state index contributed by atoms with van der Waals surface area (Å²) in [4.78, 5) is 50.3. The van der Waals surface area contributed by atoms with Crippen molar-refractivity contribution in [3.63, 3.8) is 0 Å². The first-order valence-electron chi connectivity index (χ1n) is 9.89. The van der Waals surface area contributed by atoms with Crippen molar-refractivity contribution < 1.29 is 28.7 Å². The summed E-state index contributed by atoms with van der Waals surface area (Å²) in [6, 6.07) is 10.7. The van der Waals surface area contributed by atoms with Crippen molar-refractivity contribution >= 4 is 23.6 Å². The molecule has 2 N–H and O–H groups in total. The monoisotopic (exact) mass is 412 g/mol. The van der Waals surface area contributed by atoms with E-state index in [1.807, 2.05) is 30.3 Å². The fraction of sp³-hybridized carbons (Fsp3) is 0.364. The van der Waals surface area contributed by atoms with E-state index in [0.717, 1.165) is 5.56 Å². The number of carboxylic acids is 1. The molecule has 0 radical (unpaired) electrons. The average Bonchev–Trinajstić information content (AvgIpc) is 3.44. The number of Topliss-reactive ketones (excluding diaryl/α,β-unsaturated/α-hetero) is 1. The Hall–Kier alpha value is -3.42. The van der Waals surface area contributed by atoms with Gasteiger partial charge in [-0.1, -0.05) is 30.3 Å². The molecule has 1 saturated heterocycles. The fourth-order valence-corrected chi connectivity index (χ4v) is 3.60. The summed E-state index contributed by atoms with van der Waals surface area (Å²) in [5.41, 5.74) is 0.868. The Kier molecular flexibility index (Phi) is 7.00. The summed E-state index contributed by atoms with van der Waals surface area (Å²) in [6.45, 7) is 0.382. The van der Waals surface area contributed by atoms with Crippen LogP contribution >= 0.6 is 0 Å². The number of hydrogen-bond donors (Lipinski definition) is 2. The van der Waals surface area contributed by atoms with Crippen LogP contribution < -0.4 is 5.32 Å². The molecule has 0 saturated carbocycles. The van der Waals surface area contributed by atoms with E-state index in [1.165, 1.54) is 17.2 Å². The number of aliphatic carboxylic acids is 1. The minimum Gasteiger partial charge on any atom is -0.480 e. The van der Waals surface area contributed by atoms with Crippen molar-refractivity contribution in [2.75, 3.05) is 6.54 Å². The van der Waals surface area contributed by atoms with Crippen LogP contribution in [0.15, 0.2) is 53.1 Å². The Bertz CT molecular complexity index is 894. The zero-order chi connectivity index (χ0) is 21.5. The maximum atomic E-state index is 12.9. The zero-order valence-corrected chi connectivity index (χ0v) is 16.5. The van der Waals surface area contributed by atoms with Gasteiger partial charge in [-0.25, -0.2) is 4.79 Å². The lowest BCUT2D eigenvalue weighted by atomic mass is 9.99. The second-order valence-corrected chi connectivity index (χ2v) is 7.24. The van der Waals surface area contributed by atoms with Crippen molar-refractivity contribution in [3.05, 3.63) is 60.1 Å². The Labute approximate surface area is 173 Å². The molecule has 0 bridgehead atoms. The van der Waals surface area contributed by atoms with Crippen molar-refractivity contribution in [3.8, 4) is 0 Å². The number of likely N-dealkylation sites (tertiary alicyclic amines) is 1. The van der Waals surface area contributed by atoms with Crippen LogP contribution in [0.2, 0.25) is 0 Å². The number of benzene rings is 1. The Morgan fingerprint density at radius 3 is 2.53 bits per heavy atom. The van der Waals surface area contributed by atoms with Crippen LogP contribution in [0.4, 0.5) is 0 Å². The predicted octanol–water partition coefficient (Wildman–Crippen LogP) is 2.05. The van der Waals surface area contributed by atoms with E-state index in [-0.39, 0.29) is 36.7 Å². The van der Waals surface area contributed by atoms with Gasteiger partial charge in [0.25, 0.3) is 5.91 Å². The standard InChI is InChI=1S/C22H24N2O6/c25-18(10-11-20(26)24-12-4-8-17(24)22(28)29)16(14-15-6-2-1-3-7-15)23-21(27)19-9-5-13-30-19/h1-3,5-7,9,13,16-17H,4,8,10-12,14H2,(H,23,27)(H,28,29)/t16?,17-/m0/s1. The van der Waals surface area contributed by atoms with Gasteiger partial charge in [-0.15, -0.1) is 0 Å². The molecule has 30 heavy (non-hydrogen) atoms. The Morgan fingerprint density at radius 1 is 1.10 bits per heavy atom. The second kappa shape index (κ2) is 9.87. The van der Waals surface area contributed by atoms with Gasteiger partial charge >= 0.3 is 5.97 Å². The highest BCUT2D eigenvalue weighted by Crippen LogP contribution is 2.19. The van der Waals surface area contributed by atoms with Gasteiger partial charge in [-0.05, 0) is 37.0 Å². The molecule has 2 amide bonds. The largest absolute Gasteiger partial charge is 0.480 e. The molecule has 1 aromatic carbocycles. The van der Waals surface area contributed by atoms with Gasteiger partial charge < -0.3 is 19.7 Å². The summed E-state index contributed by atoms with van der Waals surface area (Å²) in [6.07, 6.45) is 2.53. The van der Waals surface area contributed by atoms with Crippen LogP contribution in [0.1, 0.15) is 41.8 Å². The zero-order valence-electron chi connectivity index (χ0n) is 16.5.